The van der Waals surface area contributed by atoms with Crippen LogP contribution in [-0.4, -0.2) is 63.8 Å². The number of hydrogen-bond donors (Lipinski definition) is 4. The van der Waals surface area contributed by atoms with Gasteiger partial charge in [0.2, 0.25) is 5.95 Å². The molecule has 2 heterocycles. The molecule has 1 unspecified atom stereocenters. The third-order valence-corrected chi connectivity index (χ3v) is 11.9. The lowest BCUT2D eigenvalue weighted by Gasteiger charge is -2.61. The van der Waals surface area contributed by atoms with E-state index in [1.165, 1.54) is 70.8 Å². The minimum Gasteiger partial charge on any atom is -0.395 e. The van der Waals surface area contributed by atoms with E-state index in [2.05, 4.69) is 31.9 Å². The van der Waals surface area contributed by atoms with Crippen molar-refractivity contribution in [1.82, 2.24) is 20.2 Å². The van der Waals surface area contributed by atoms with Crippen LogP contribution in [0.25, 0.3) is 0 Å². The minimum atomic E-state index is 0.282. The Balaban J connectivity index is 0.955. The smallest absolute Gasteiger partial charge is 0.224 e. The molecule has 9 heteroatoms. The lowest BCUT2D eigenvalue weighted by molar-refractivity contribution is -0.0735. The van der Waals surface area contributed by atoms with Gasteiger partial charge in [-0.2, -0.15) is 10.2 Å². The third kappa shape index (κ3) is 6.11. The van der Waals surface area contributed by atoms with Crippen LogP contribution in [0.15, 0.2) is 30.5 Å². The molecule has 8 rings (SSSR count). The topological polar surface area (TPSA) is 109 Å². The number of nitrogens with zero attached hydrogens (tertiary/aromatic N) is 4. The van der Waals surface area contributed by atoms with Crippen LogP contribution < -0.4 is 16.0 Å². The average Bonchev–Trinajstić information content (AvgIpc) is 3.51. The Labute approximate surface area is 261 Å². The first-order chi connectivity index (χ1) is 21.0. The molecule has 4 N–H and O–H groups in total. The summed E-state index contributed by atoms with van der Waals surface area (Å²) in [6, 6.07) is 12.4. The van der Waals surface area contributed by atoms with Crippen molar-refractivity contribution in [3.8, 4) is 6.07 Å². The van der Waals surface area contributed by atoms with Crippen LogP contribution in [-0.2, 0) is 6.54 Å². The van der Waals surface area contributed by atoms with E-state index in [-0.39, 0.29) is 5.41 Å². The first-order valence-electron chi connectivity index (χ1n) is 16.6. The maximum atomic E-state index is 9.80. The first-order valence-corrected chi connectivity index (χ1v) is 17.0. The molecule has 5 aliphatic carbocycles. The van der Waals surface area contributed by atoms with E-state index in [4.69, 9.17) is 16.6 Å². The Hall–Kier alpha value is -2.44. The number of hydrogen-bond acceptors (Lipinski definition) is 8. The summed E-state index contributed by atoms with van der Waals surface area (Å²) < 4.78 is 0. The van der Waals surface area contributed by atoms with Crippen molar-refractivity contribution in [3.05, 3.63) is 46.6 Å². The van der Waals surface area contributed by atoms with Gasteiger partial charge < -0.3 is 21.1 Å². The van der Waals surface area contributed by atoms with Gasteiger partial charge in [-0.15, -0.1) is 0 Å². The summed E-state index contributed by atoms with van der Waals surface area (Å²) >= 11 is 6.32. The molecule has 0 spiro atoms. The van der Waals surface area contributed by atoms with E-state index in [1.807, 2.05) is 24.3 Å². The predicted octanol–water partition coefficient (Wildman–Crippen LogP) is 5.58. The van der Waals surface area contributed by atoms with Crippen LogP contribution in [0, 0.1) is 34.5 Å². The summed E-state index contributed by atoms with van der Waals surface area (Å²) in [5.41, 5.74) is 1.75. The van der Waals surface area contributed by atoms with E-state index in [0.29, 0.717) is 59.7 Å². The van der Waals surface area contributed by atoms with E-state index in [0.717, 1.165) is 36.3 Å². The van der Waals surface area contributed by atoms with Crippen molar-refractivity contribution in [1.29, 1.82) is 5.26 Å². The van der Waals surface area contributed by atoms with Gasteiger partial charge >= 0.3 is 0 Å². The zero-order chi connectivity index (χ0) is 29.4. The SMILES string of the molecule is N#Cc1cnc(NCc2ccccc2Cl)nc1NC[C@]12CC3C[C@H](C1)[C@@H](NC1CCC(N4CCC[C@H]4CO)CC1)[C@@H](C3)C2. The molecule has 1 aliphatic heterocycles. The van der Waals surface area contributed by atoms with Crippen LogP contribution >= 0.6 is 11.6 Å². The number of rotatable bonds is 10. The van der Waals surface area contributed by atoms with E-state index in [1.54, 1.807) is 6.20 Å². The Kier molecular flexibility index (Phi) is 8.52. The van der Waals surface area contributed by atoms with Crippen molar-refractivity contribution in [3.63, 3.8) is 0 Å². The number of benzene rings is 1. The van der Waals surface area contributed by atoms with Crippen molar-refractivity contribution in [2.45, 2.75) is 101 Å². The second kappa shape index (κ2) is 12.5. The molecule has 0 amide bonds. The maximum Gasteiger partial charge on any atom is 0.224 e. The number of nitriles is 1. The van der Waals surface area contributed by atoms with Crippen molar-refractivity contribution >= 4 is 23.4 Å². The molecule has 0 radical (unpaired) electrons. The van der Waals surface area contributed by atoms with E-state index >= 15 is 0 Å². The number of nitrogens with one attached hydrogen (secondary N) is 3. The zero-order valence-corrected chi connectivity index (χ0v) is 25.9. The van der Waals surface area contributed by atoms with Gasteiger partial charge in [0.25, 0.3) is 0 Å². The highest BCUT2D eigenvalue weighted by Gasteiger charge is 2.55. The van der Waals surface area contributed by atoms with Gasteiger partial charge in [0, 0.05) is 42.3 Å². The number of aliphatic hydroxyl groups is 1. The Morgan fingerprint density at radius 3 is 2.58 bits per heavy atom. The average molecular weight is 604 g/mol. The largest absolute Gasteiger partial charge is 0.395 e. The summed E-state index contributed by atoms with van der Waals surface area (Å²) in [6.07, 6.45) is 15.6. The van der Waals surface area contributed by atoms with Crippen LogP contribution in [0.1, 0.15) is 81.8 Å². The molecule has 5 saturated carbocycles. The number of likely N-dealkylation sites (tertiary alicyclic amines) is 1. The van der Waals surface area contributed by atoms with Crippen molar-refractivity contribution < 1.29 is 5.11 Å². The molecule has 2 aromatic rings. The quantitative estimate of drug-likeness (QED) is 0.279. The Morgan fingerprint density at radius 1 is 1.05 bits per heavy atom. The molecule has 8 nitrogen and oxygen atoms in total. The molecule has 6 aliphatic rings. The maximum absolute atomic E-state index is 9.80. The fourth-order valence-corrected chi connectivity index (χ4v) is 10.0. The summed E-state index contributed by atoms with van der Waals surface area (Å²) in [4.78, 5) is 11.7. The minimum absolute atomic E-state index is 0.282. The number of aromatic nitrogens is 2. The lowest BCUT2D eigenvalue weighted by Crippen LogP contribution is -2.61. The van der Waals surface area contributed by atoms with Crippen molar-refractivity contribution in [2.24, 2.45) is 23.2 Å². The van der Waals surface area contributed by atoms with Crippen LogP contribution in [0.2, 0.25) is 5.02 Å². The van der Waals surface area contributed by atoms with Crippen LogP contribution in [0.5, 0.6) is 0 Å². The van der Waals surface area contributed by atoms with Gasteiger partial charge in [-0.1, -0.05) is 29.8 Å². The molecular weight excluding hydrogens is 558 g/mol. The Morgan fingerprint density at radius 2 is 1.84 bits per heavy atom. The normalized spacial score (nSPS) is 35.1. The van der Waals surface area contributed by atoms with Gasteiger partial charge in [0.15, 0.2) is 0 Å². The Bertz CT molecular complexity index is 1310. The van der Waals surface area contributed by atoms with Gasteiger partial charge in [0.1, 0.15) is 17.5 Å². The zero-order valence-electron chi connectivity index (χ0n) is 25.1. The van der Waals surface area contributed by atoms with Gasteiger partial charge in [-0.25, -0.2) is 4.98 Å². The molecular formula is C34H46ClN7O. The molecule has 43 heavy (non-hydrogen) atoms. The van der Waals surface area contributed by atoms with Gasteiger partial charge in [-0.05, 0) is 112 Å². The fourth-order valence-electron chi connectivity index (χ4n) is 9.83. The molecule has 230 valence electrons. The summed E-state index contributed by atoms with van der Waals surface area (Å²) in [6.45, 7) is 2.88. The summed E-state index contributed by atoms with van der Waals surface area (Å²) in [5, 5.41) is 31.4. The number of aliphatic hydroxyl groups excluding tert-OH is 1. The highest BCUT2D eigenvalue weighted by Crippen LogP contribution is 2.60. The lowest BCUT2D eigenvalue weighted by atomic mass is 9.47. The van der Waals surface area contributed by atoms with E-state index in [9.17, 15) is 10.4 Å². The highest BCUT2D eigenvalue weighted by atomic mass is 35.5. The van der Waals surface area contributed by atoms with Crippen molar-refractivity contribution in [2.75, 3.05) is 30.3 Å². The molecule has 6 atom stereocenters. The van der Waals surface area contributed by atoms with Gasteiger partial charge in [0.05, 0.1) is 12.8 Å². The van der Waals surface area contributed by atoms with Crippen LogP contribution in [0.4, 0.5) is 11.8 Å². The fraction of sp³-hybridized carbons (Fsp3) is 0.676. The second-order valence-electron chi connectivity index (χ2n) is 14.3. The van der Waals surface area contributed by atoms with E-state index < -0.39 is 0 Å². The van der Waals surface area contributed by atoms with Gasteiger partial charge in [-0.3, -0.25) is 4.90 Å². The second-order valence-corrected chi connectivity index (χ2v) is 14.7. The summed E-state index contributed by atoms with van der Waals surface area (Å²) in [5.74, 6) is 3.45. The molecule has 4 bridgehead atoms. The monoisotopic (exact) mass is 603 g/mol. The number of halogens is 1. The van der Waals surface area contributed by atoms with Crippen LogP contribution in [0.3, 0.4) is 0 Å². The predicted molar refractivity (Wildman–Crippen MR) is 170 cm³/mol. The molecule has 1 aromatic heterocycles. The third-order valence-electron chi connectivity index (χ3n) is 11.6. The standard InChI is InChI=1S/C34H46ClN7O/c35-30-6-2-1-4-23(30)18-37-33-38-19-26(17-36)32(41-33)39-21-34-14-22-12-24(15-34)31(25(13-22)16-34)40-27-7-9-28(10-8-27)42-11-3-5-29(42)20-43/h1-2,4,6,19,22,24-25,27-29,31,40,43H,3,5,7-16,18,20-21H2,(H2,37,38,39,41)/t22?,24-,25+,27?,28?,29-,31-,34-/m0/s1. The summed E-state index contributed by atoms with van der Waals surface area (Å²) in [7, 11) is 0. The molecule has 6 fully saturated rings. The number of anilines is 2. The highest BCUT2D eigenvalue weighted by molar-refractivity contribution is 6.31. The first kappa shape index (κ1) is 29.3. The molecule has 1 aromatic carbocycles. The molecule has 1 saturated heterocycles.